The molecule has 1 N–H and O–H groups in total. The summed E-state index contributed by atoms with van der Waals surface area (Å²) in [6, 6.07) is 0.426. The third-order valence-corrected chi connectivity index (χ3v) is 2.44. The number of ether oxygens (including phenoxy) is 1. The van der Waals surface area contributed by atoms with Gasteiger partial charge in [0.05, 0.1) is 13.2 Å². The van der Waals surface area contributed by atoms with Gasteiger partial charge in [-0.2, -0.15) is 4.98 Å². The molecule has 2 rings (SSSR count). The molecule has 0 spiro atoms. The molecular weight excluding hydrogens is 194 g/mol. The maximum absolute atomic E-state index is 5.28. The minimum absolute atomic E-state index is 0.321. The van der Waals surface area contributed by atoms with Gasteiger partial charge >= 0.3 is 0 Å². The normalized spacial score (nSPS) is 21.4. The molecule has 0 saturated carbocycles. The summed E-state index contributed by atoms with van der Waals surface area (Å²) in [4.78, 5) is 4.34. The highest BCUT2D eigenvalue weighted by Gasteiger charge is 2.22. The molecule has 1 atom stereocenters. The van der Waals surface area contributed by atoms with Crippen LogP contribution >= 0.6 is 0 Å². The van der Waals surface area contributed by atoms with Gasteiger partial charge in [-0.3, -0.25) is 0 Å². The lowest BCUT2D eigenvalue weighted by Crippen LogP contribution is -2.22. The van der Waals surface area contributed by atoms with Crippen molar-refractivity contribution in [1.82, 2.24) is 15.5 Å². The molecule has 0 aromatic carbocycles. The molecule has 1 aromatic heterocycles. The number of nitrogens with zero attached hydrogens (tertiary/aromatic N) is 2. The van der Waals surface area contributed by atoms with Crippen molar-refractivity contribution in [2.45, 2.75) is 38.8 Å². The van der Waals surface area contributed by atoms with Crippen LogP contribution in [0, 0.1) is 0 Å². The quantitative estimate of drug-likeness (QED) is 0.807. The molecule has 5 heteroatoms. The fraction of sp³-hybridized carbons (Fsp3) is 0.800. The summed E-state index contributed by atoms with van der Waals surface area (Å²) in [7, 11) is 0. The summed E-state index contributed by atoms with van der Waals surface area (Å²) in [5.74, 6) is 1.76. The molecular formula is C10H17N3O2. The lowest BCUT2D eigenvalue weighted by atomic mass is 10.1. The SMILES string of the molecule is CC(C)NCc1nc(C2CCOC2)no1. The third-order valence-electron chi connectivity index (χ3n) is 2.44. The first-order valence-electron chi connectivity index (χ1n) is 5.39. The summed E-state index contributed by atoms with van der Waals surface area (Å²) in [5, 5.41) is 7.21. The standard InChI is InChI=1S/C10H17N3O2/c1-7(2)11-5-9-12-10(13-15-9)8-3-4-14-6-8/h7-8,11H,3-6H2,1-2H3. The Hall–Kier alpha value is -0.940. The summed E-state index contributed by atoms with van der Waals surface area (Å²) >= 11 is 0. The van der Waals surface area contributed by atoms with E-state index in [1.54, 1.807) is 0 Å². The zero-order chi connectivity index (χ0) is 10.7. The van der Waals surface area contributed by atoms with Crippen molar-refractivity contribution in [2.24, 2.45) is 0 Å². The zero-order valence-corrected chi connectivity index (χ0v) is 9.19. The highest BCUT2D eigenvalue weighted by Crippen LogP contribution is 2.22. The maximum Gasteiger partial charge on any atom is 0.240 e. The second-order valence-electron chi connectivity index (χ2n) is 4.14. The molecule has 84 valence electrons. The minimum Gasteiger partial charge on any atom is -0.381 e. The third kappa shape index (κ3) is 2.76. The first-order chi connectivity index (χ1) is 7.25. The molecule has 1 aliphatic heterocycles. The van der Waals surface area contributed by atoms with Crippen molar-refractivity contribution in [3.63, 3.8) is 0 Å². The van der Waals surface area contributed by atoms with Gasteiger partial charge in [0.1, 0.15) is 0 Å². The van der Waals surface area contributed by atoms with Gasteiger partial charge in [-0.1, -0.05) is 19.0 Å². The molecule has 1 fully saturated rings. The predicted molar refractivity (Wildman–Crippen MR) is 54.5 cm³/mol. The molecule has 0 bridgehead atoms. The van der Waals surface area contributed by atoms with E-state index in [1.165, 1.54) is 0 Å². The van der Waals surface area contributed by atoms with Crippen LogP contribution in [0.4, 0.5) is 0 Å². The molecule has 1 aromatic rings. The monoisotopic (exact) mass is 211 g/mol. The summed E-state index contributed by atoms with van der Waals surface area (Å²) in [5.41, 5.74) is 0. The molecule has 5 nitrogen and oxygen atoms in total. The molecule has 1 aliphatic rings. The summed E-state index contributed by atoms with van der Waals surface area (Å²) in [6.45, 7) is 6.33. The predicted octanol–water partition coefficient (Wildman–Crippen LogP) is 1.07. The van der Waals surface area contributed by atoms with Crippen LogP contribution in [0.5, 0.6) is 0 Å². The fourth-order valence-corrected chi connectivity index (χ4v) is 1.54. The van der Waals surface area contributed by atoms with Gasteiger partial charge in [0.2, 0.25) is 5.89 Å². The van der Waals surface area contributed by atoms with Crippen LogP contribution in [0.1, 0.15) is 37.9 Å². The molecule has 0 aliphatic carbocycles. The summed E-state index contributed by atoms with van der Waals surface area (Å²) in [6.07, 6.45) is 0.997. The zero-order valence-electron chi connectivity index (χ0n) is 9.19. The second-order valence-corrected chi connectivity index (χ2v) is 4.14. The van der Waals surface area contributed by atoms with Crippen molar-refractivity contribution >= 4 is 0 Å². The molecule has 0 radical (unpaired) electrons. The molecule has 1 saturated heterocycles. The molecule has 15 heavy (non-hydrogen) atoms. The van der Waals surface area contributed by atoms with E-state index >= 15 is 0 Å². The fourth-order valence-electron chi connectivity index (χ4n) is 1.54. The van der Waals surface area contributed by atoms with E-state index < -0.39 is 0 Å². The molecule has 1 unspecified atom stereocenters. The number of nitrogens with one attached hydrogen (secondary N) is 1. The lowest BCUT2D eigenvalue weighted by molar-refractivity contribution is 0.192. The van der Waals surface area contributed by atoms with Crippen molar-refractivity contribution in [1.29, 1.82) is 0 Å². The Morgan fingerprint density at radius 1 is 1.53 bits per heavy atom. The van der Waals surface area contributed by atoms with E-state index in [2.05, 4.69) is 29.3 Å². The molecule has 0 amide bonds. The highest BCUT2D eigenvalue weighted by molar-refractivity contribution is 4.97. The van der Waals surface area contributed by atoms with Crippen molar-refractivity contribution in [3.05, 3.63) is 11.7 Å². The Kier molecular flexibility index (Phi) is 3.33. The Morgan fingerprint density at radius 2 is 2.40 bits per heavy atom. The van der Waals surface area contributed by atoms with Gasteiger partial charge in [-0.05, 0) is 6.42 Å². The Bertz CT molecular complexity index is 305. The van der Waals surface area contributed by atoms with Gasteiger partial charge < -0.3 is 14.6 Å². The van der Waals surface area contributed by atoms with Gasteiger partial charge in [0.25, 0.3) is 0 Å². The second kappa shape index (κ2) is 4.72. The Balaban J connectivity index is 1.91. The first-order valence-corrected chi connectivity index (χ1v) is 5.39. The summed E-state index contributed by atoms with van der Waals surface area (Å²) < 4.78 is 10.4. The number of aromatic nitrogens is 2. The Morgan fingerprint density at radius 3 is 3.07 bits per heavy atom. The average molecular weight is 211 g/mol. The largest absolute Gasteiger partial charge is 0.381 e. The van der Waals surface area contributed by atoms with Crippen LogP contribution in [-0.2, 0) is 11.3 Å². The van der Waals surface area contributed by atoms with Gasteiger partial charge in [0, 0.05) is 18.6 Å². The van der Waals surface area contributed by atoms with Crippen molar-refractivity contribution in [3.8, 4) is 0 Å². The highest BCUT2D eigenvalue weighted by atomic mass is 16.5. The van der Waals surface area contributed by atoms with Gasteiger partial charge in [-0.15, -0.1) is 0 Å². The van der Waals surface area contributed by atoms with Gasteiger partial charge in [-0.25, -0.2) is 0 Å². The van der Waals surface area contributed by atoms with E-state index in [0.29, 0.717) is 24.4 Å². The topological polar surface area (TPSA) is 60.2 Å². The lowest BCUT2D eigenvalue weighted by Gasteiger charge is -2.03. The van der Waals surface area contributed by atoms with E-state index in [-0.39, 0.29) is 0 Å². The van der Waals surface area contributed by atoms with E-state index in [9.17, 15) is 0 Å². The van der Waals surface area contributed by atoms with E-state index in [1.807, 2.05) is 0 Å². The number of hydrogen-bond donors (Lipinski definition) is 1. The average Bonchev–Trinajstić information content (AvgIpc) is 2.85. The van der Waals surface area contributed by atoms with Crippen LogP contribution in [0.2, 0.25) is 0 Å². The molecule has 2 heterocycles. The smallest absolute Gasteiger partial charge is 0.240 e. The first kappa shape index (κ1) is 10.6. The van der Waals surface area contributed by atoms with E-state index in [4.69, 9.17) is 9.26 Å². The van der Waals surface area contributed by atoms with Crippen LogP contribution < -0.4 is 5.32 Å². The van der Waals surface area contributed by atoms with Crippen LogP contribution in [0.3, 0.4) is 0 Å². The van der Waals surface area contributed by atoms with Gasteiger partial charge in [0.15, 0.2) is 5.82 Å². The van der Waals surface area contributed by atoms with E-state index in [0.717, 1.165) is 25.5 Å². The van der Waals surface area contributed by atoms with Crippen LogP contribution in [0.15, 0.2) is 4.52 Å². The van der Waals surface area contributed by atoms with Crippen LogP contribution in [-0.4, -0.2) is 29.4 Å². The van der Waals surface area contributed by atoms with Crippen molar-refractivity contribution in [2.75, 3.05) is 13.2 Å². The van der Waals surface area contributed by atoms with Crippen LogP contribution in [0.25, 0.3) is 0 Å². The number of rotatable bonds is 4. The maximum atomic E-state index is 5.28. The minimum atomic E-state index is 0.321. The van der Waals surface area contributed by atoms with Crippen molar-refractivity contribution < 1.29 is 9.26 Å². The number of hydrogen-bond acceptors (Lipinski definition) is 5. The Labute approximate surface area is 89.2 Å².